The maximum absolute atomic E-state index is 5.81. The van der Waals surface area contributed by atoms with Crippen LogP contribution in [0.1, 0.15) is 58.8 Å². The molecule has 0 saturated heterocycles. The molecule has 0 spiro atoms. The first kappa shape index (κ1) is 15.2. The van der Waals surface area contributed by atoms with Crippen LogP contribution in [0.15, 0.2) is 0 Å². The second-order valence-corrected chi connectivity index (χ2v) is 9.37. The molecule has 0 atom stereocenters. The van der Waals surface area contributed by atoms with Crippen LogP contribution in [0.25, 0.3) is 0 Å². The highest BCUT2D eigenvalue weighted by molar-refractivity contribution is 6.71. The maximum atomic E-state index is 5.81. The molecule has 15 heavy (non-hydrogen) atoms. The molecular formula is C13H30OSi. The van der Waals surface area contributed by atoms with Crippen LogP contribution in [0.5, 0.6) is 0 Å². The van der Waals surface area contributed by atoms with E-state index in [2.05, 4.69) is 26.9 Å². The van der Waals surface area contributed by atoms with E-state index in [-0.39, 0.29) is 0 Å². The fourth-order valence-corrected chi connectivity index (χ4v) is 4.00. The largest absolute Gasteiger partial charge is 0.418 e. The van der Waals surface area contributed by atoms with E-state index in [1.54, 1.807) is 0 Å². The first-order valence-electron chi connectivity index (χ1n) is 6.76. The molecule has 0 unspecified atom stereocenters. The van der Waals surface area contributed by atoms with Crippen molar-refractivity contribution in [2.24, 2.45) is 0 Å². The number of hydrogen-bond acceptors (Lipinski definition) is 1. The normalized spacial score (nSPS) is 12.0. The molecule has 0 N–H and O–H groups in total. The van der Waals surface area contributed by atoms with Gasteiger partial charge in [-0.1, -0.05) is 51.9 Å². The van der Waals surface area contributed by atoms with Gasteiger partial charge in [-0.3, -0.25) is 0 Å². The highest BCUT2D eigenvalue weighted by atomic mass is 28.4. The summed E-state index contributed by atoms with van der Waals surface area (Å²) in [6, 6.07) is 1.34. The minimum atomic E-state index is -1.28. The van der Waals surface area contributed by atoms with Gasteiger partial charge >= 0.3 is 0 Å². The maximum Gasteiger partial charge on any atom is 0.186 e. The van der Waals surface area contributed by atoms with Crippen molar-refractivity contribution < 1.29 is 4.43 Å². The monoisotopic (exact) mass is 230 g/mol. The third kappa shape index (κ3) is 10.5. The molecular weight excluding hydrogens is 200 g/mol. The molecule has 0 heterocycles. The summed E-state index contributed by atoms with van der Waals surface area (Å²) in [6.07, 6.45) is 9.85. The van der Waals surface area contributed by atoms with Crippen LogP contribution < -0.4 is 0 Å². The van der Waals surface area contributed by atoms with Crippen molar-refractivity contribution in [2.45, 2.75) is 77.9 Å². The van der Waals surface area contributed by atoms with Gasteiger partial charge in [-0.2, -0.15) is 0 Å². The summed E-state index contributed by atoms with van der Waals surface area (Å²) in [5.74, 6) is 0. The molecule has 0 aliphatic rings. The van der Waals surface area contributed by atoms with E-state index in [0.29, 0.717) is 0 Å². The summed E-state index contributed by atoms with van der Waals surface area (Å²) in [6.45, 7) is 9.96. The zero-order valence-corrected chi connectivity index (χ0v) is 12.3. The van der Waals surface area contributed by atoms with Gasteiger partial charge in [0.25, 0.3) is 0 Å². The first-order chi connectivity index (χ1) is 7.12. The molecule has 0 aromatic heterocycles. The Labute approximate surface area is 97.7 Å². The lowest BCUT2D eigenvalue weighted by molar-refractivity contribution is 0.327. The fraction of sp³-hybridized carbons (Fsp3) is 1.00. The summed E-state index contributed by atoms with van der Waals surface area (Å²) in [4.78, 5) is 0. The van der Waals surface area contributed by atoms with Crippen LogP contribution in [-0.4, -0.2) is 14.9 Å². The molecule has 0 fully saturated rings. The van der Waals surface area contributed by atoms with Crippen LogP contribution in [0, 0.1) is 0 Å². The van der Waals surface area contributed by atoms with Crippen molar-refractivity contribution in [3.8, 4) is 0 Å². The SMILES string of the molecule is CCCCCCCCC[Si](C)(C)OCC. The molecule has 0 saturated carbocycles. The van der Waals surface area contributed by atoms with Crippen molar-refractivity contribution in [3.05, 3.63) is 0 Å². The molecule has 2 heteroatoms. The second-order valence-electron chi connectivity index (χ2n) is 5.06. The molecule has 0 aromatic carbocycles. The summed E-state index contributed by atoms with van der Waals surface area (Å²) < 4.78 is 5.81. The van der Waals surface area contributed by atoms with Gasteiger partial charge in [0, 0.05) is 6.61 Å². The van der Waals surface area contributed by atoms with E-state index in [1.807, 2.05) is 0 Å². The standard InChI is InChI=1S/C13H30OSi/c1-5-7-8-9-10-11-12-13-15(3,4)14-6-2/h5-13H2,1-4H3. The smallest absolute Gasteiger partial charge is 0.186 e. The summed E-state index contributed by atoms with van der Waals surface area (Å²) in [7, 11) is -1.28. The molecule has 0 aromatic rings. The molecule has 0 rings (SSSR count). The van der Waals surface area contributed by atoms with Gasteiger partial charge in [-0.15, -0.1) is 0 Å². The number of unbranched alkanes of at least 4 members (excludes halogenated alkanes) is 6. The summed E-state index contributed by atoms with van der Waals surface area (Å²) in [5.41, 5.74) is 0. The van der Waals surface area contributed by atoms with Crippen LogP contribution in [0.3, 0.4) is 0 Å². The van der Waals surface area contributed by atoms with E-state index in [9.17, 15) is 0 Å². The predicted octanol–water partition coefficient (Wildman–Crippen LogP) is 4.98. The highest BCUT2D eigenvalue weighted by Gasteiger charge is 2.20. The molecule has 92 valence electrons. The molecule has 0 aliphatic carbocycles. The zero-order chi connectivity index (χ0) is 11.6. The predicted molar refractivity (Wildman–Crippen MR) is 71.9 cm³/mol. The van der Waals surface area contributed by atoms with Gasteiger partial charge in [0.05, 0.1) is 0 Å². The fourth-order valence-electron chi connectivity index (χ4n) is 1.97. The lowest BCUT2D eigenvalue weighted by Crippen LogP contribution is -2.29. The Kier molecular flexibility index (Phi) is 9.52. The van der Waals surface area contributed by atoms with Crippen LogP contribution >= 0.6 is 0 Å². The number of rotatable bonds is 10. The zero-order valence-electron chi connectivity index (χ0n) is 11.3. The van der Waals surface area contributed by atoms with Crippen molar-refractivity contribution in [3.63, 3.8) is 0 Å². The lowest BCUT2D eigenvalue weighted by Gasteiger charge is -2.21. The van der Waals surface area contributed by atoms with Gasteiger partial charge in [0.2, 0.25) is 0 Å². The highest BCUT2D eigenvalue weighted by Crippen LogP contribution is 2.17. The van der Waals surface area contributed by atoms with Crippen LogP contribution in [0.2, 0.25) is 19.1 Å². The summed E-state index contributed by atoms with van der Waals surface area (Å²) in [5, 5.41) is 0. The summed E-state index contributed by atoms with van der Waals surface area (Å²) >= 11 is 0. The Balaban J connectivity index is 3.22. The van der Waals surface area contributed by atoms with E-state index < -0.39 is 8.32 Å². The Hall–Kier alpha value is 0.177. The number of hydrogen-bond donors (Lipinski definition) is 0. The van der Waals surface area contributed by atoms with Gasteiger partial charge in [0.1, 0.15) is 0 Å². The minimum Gasteiger partial charge on any atom is -0.418 e. The van der Waals surface area contributed by atoms with Crippen molar-refractivity contribution in [1.29, 1.82) is 0 Å². The Bertz CT molecular complexity index is 134. The van der Waals surface area contributed by atoms with Crippen molar-refractivity contribution >= 4 is 8.32 Å². The van der Waals surface area contributed by atoms with Gasteiger partial charge < -0.3 is 4.43 Å². The molecule has 0 radical (unpaired) electrons. The molecule has 0 bridgehead atoms. The Morgan fingerprint density at radius 3 is 1.87 bits per heavy atom. The van der Waals surface area contributed by atoms with E-state index >= 15 is 0 Å². The van der Waals surface area contributed by atoms with Crippen LogP contribution in [0.4, 0.5) is 0 Å². The molecule has 0 aliphatic heterocycles. The third-order valence-electron chi connectivity index (χ3n) is 2.92. The Morgan fingerprint density at radius 1 is 0.800 bits per heavy atom. The average molecular weight is 230 g/mol. The lowest BCUT2D eigenvalue weighted by atomic mass is 10.1. The van der Waals surface area contributed by atoms with Gasteiger partial charge in [-0.25, -0.2) is 0 Å². The quantitative estimate of drug-likeness (QED) is 0.380. The van der Waals surface area contributed by atoms with E-state index in [1.165, 1.54) is 51.0 Å². The van der Waals surface area contributed by atoms with Crippen LogP contribution in [-0.2, 0) is 4.43 Å². The van der Waals surface area contributed by atoms with E-state index in [0.717, 1.165) is 6.61 Å². The van der Waals surface area contributed by atoms with Gasteiger partial charge in [-0.05, 0) is 26.1 Å². The van der Waals surface area contributed by atoms with Gasteiger partial charge in [0.15, 0.2) is 8.32 Å². The Morgan fingerprint density at radius 2 is 1.33 bits per heavy atom. The van der Waals surface area contributed by atoms with Crippen molar-refractivity contribution in [1.82, 2.24) is 0 Å². The topological polar surface area (TPSA) is 9.23 Å². The first-order valence-corrected chi connectivity index (χ1v) is 9.88. The minimum absolute atomic E-state index is 0.899. The third-order valence-corrected chi connectivity index (χ3v) is 5.55. The molecule has 1 nitrogen and oxygen atoms in total. The van der Waals surface area contributed by atoms with E-state index in [4.69, 9.17) is 4.43 Å². The average Bonchev–Trinajstić information content (AvgIpc) is 2.16. The second kappa shape index (κ2) is 9.41. The molecule has 0 amide bonds. The van der Waals surface area contributed by atoms with Crippen molar-refractivity contribution in [2.75, 3.05) is 6.61 Å².